The molecule has 0 aliphatic carbocycles. The molecule has 0 bridgehead atoms. The summed E-state index contributed by atoms with van der Waals surface area (Å²) in [4.78, 5) is 35.5. The molecule has 2 aromatic rings. The molecule has 1 amide bonds. The summed E-state index contributed by atoms with van der Waals surface area (Å²) in [5.74, 6) is -2.67. The van der Waals surface area contributed by atoms with Gasteiger partial charge in [0.05, 0.1) is 5.69 Å². The summed E-state index contributed by atoms with van der Waals surface area (Å²) in [7, 11) is 0. The van der Waals surface area contributed by atoms with Gasteiger partial charge in [0.15, 0.2) is 11.4 Å². The summed E-state index contributed by atoms with van der Waals surface area (Å²) in [6.07, 6.45) is 0.781. The van der Waals surface area contributed by atoms with E-state index < -0.39 is 34.9 Å². The fourth-order valence-electron chi connectivity index (χ4n) is 2.15. The number of carbonyl (C=O) groups is 2. The van der Waals surface area contributed by atoms with Crippen LogP contribution in [0.1, 0.15) is 30.3 Å². The van der Waals surface area contributed by atoms with Crippen LogP contribution in [0, 0.1) is 0 Å². The van der Waals surface area contributed by atoms with E-state index in [1.165, 1.54) is 0 Å². The number of amides is 1. The Hall–Kier alpha value is -2.68. The number of rotatable bonds is 6. The van der Waals surface area contributed by atoms with Gasteiger partial charge in [-0.3, -0.25) is 9.59 Å². The van der Waals surface area contributed by atoms with Gasteiger partial charge < -0.3 is 15.5 Å². The zero-order valence-electron chi connectivity index (χ0n) is 13.3. The van der Waals surface area contributed by atoms with Crippen molar-refractivity contribution in [1.82, 2.24) is 15.1 Å². The van der Waals surface area contributed by atoms with Gasteiger partial charge in [0.25, 0.3) is 11.5 Å². The number of aliphatic carboxylic acids is 1. The van der Waals surface area contributed by atoms with Crippen molar-refractivity contribution in [3.05, 3.63) is 50.9 Å². The Balaban J connectivity index is 2.39. The Morgan fingerprint density at radius 3 is 2.52 bits per heavy atom. The lowest BCUT2D eigenvalue weighted by molar-refractivity contribution is -0.139. The molecule has 0 aliphatic rings. The van der Waals surface area contributed by atoms with Gasteiger partial charge in [0.1, 0.15) is 6.04 Å². The predicted molar refractivity (Wildman–Crippen MR) is 93.0 cm³/mol. The average Bonchev–Trinajstić information content (AvgIpc) is 2.55. The molecule has 0 aliphatic heterocycles. The summed E-state index contributed by atoms with van der Waals surface area (Å²) in [6, 6.07) is 6.35. The number of carboxylic acid groups (broad SMARTS) is 1. The van der Waals surface area contributed by atoms with E-state index in [0.29, 0.717) is 12.1 Å². The van der Waals surface area contributed by atoms with Crippen LogP contribution in [0.25, 0.3) is 5.69 Å². The van der Waals surface area contributed by atoms with Gasteiger partial charge in [-0.2, -0.15) is 9.78 Å². The molecule has 9 heteroatoms. The van der Waals surface area contributed by atoms with E-state index in [1.54, 1.807) is 31.2 Å². The van der Waals surface area contributed by atoms with Crippen LogP contribution in [0.3, 0.4) is 0 Å². The molecule has 1 aromatic heterocycles. The fourth-order valence-corrected chi connectivity index (χ4v) is 2.41. The minimum absolute atomic E-state index is 0.230. The van der Waals surface area contributed by atoms with E-state index in [4.69, 9.17) is 5.11 Å². The number of hydrogen-bond donors (Lipinski definition) is 3. The Kier molecular flexibility index (Phi) is 5.92. The van der Waals surface area contributed by atoms with E-state index in [0.717, 1.165) is 15.2 Å². The number of nitrogens with zero attached hydrogens (tertiary/aromatic N) is 2. The molecule has 1 aromatic carbocycles. The van der Waals surface area contributed by atoms with E-state index in [-0.39, 0.29) is 6.42 Å². The van der Waals surface area contributed by atoms with E-state index in [9.17, 15) is 19.5 Å². The van der Waals surface area contributed by atoms with Crippen LogP contribution in [0.5, 0.6) is 5.75 Å². The van der Waals surface area contributed by atoms with Gasteiger partial charge >= 0.3 is 5.97 Å². The standard InChI is InChI=1S/C16H16BrN3O5/c1-2-3-11(16(24)25)18-15(23)14-12(21)8-13(22)20(19-14)10-6-4-9(17)5-7-10/h4-8,11,21H,2-3H2,1H3,(H,18,23)(H,24,25). The Bertz CT molecular complexity index is 848. The fraction of sp³-hybridized carbons (Fsp3) is 0.250. The molecule has 3 N–H and O–H groups in total. The molecular weight excluding hydrogens is 394 g/mol. The minimum atomic E-state index is -1.18. The van der Waals surface area contributed by atoms with E-state index in [1.807, 2.05) is 0 Å². The van der Waals surface area contributed by atoms with Crippen LogP contribution < -0.4 is 10.9 Å². The second-order valence-electron chi connectivity index (χ2n) is 5.26. The molecule has 1 atom stereocenters. The number of benzene rings is 1. The number of aromatic nitrogens is 2. The monoisotopic (exact) mass is 409 g/mol. The normalized spacial score (nSPS) is 11.8. The van der Waals surface area contributed by atoms with Crippen molar-refractivity contribution in [2.24, 2.45) is 0 Å². The smallest absolute Gasteiger partial charge is 0.326 e. The molecule has 0 saturated heterocycles. The first kappa shape index (κ1) is 18.7. The van der Waals surface area contributed by atoms with Crippen molar-refractivity contribution in [2.75, 3.05) is 0 Å². The molecule has 0 fully saturated rings. The second kappa shape index (κ2) is 7.93. The van der Waals surface area contributed by atoms with Crippen LogP contribution in [0.2, 0.25) is 0 Å². The maximum Gasteiger partial charge on any atom is 0.326 e. The van der Waals surface area contributed by atoms with E-state index in [2.05, 4.69) is 26.3 Å². The molecule has 0 saturated carbocycles. The second-order valence-corrected chi connectivity index (χ2v) is 6.17. The molecule has 8 nitrogen and oxygen atoms in total. The highest BCUT2D eigenvalue weighted by atomic mass is 79.9. The molecule has 1 unspecified atom stereocenters. The summed E-state index contributed by atoms with van der Waals surface area (Å²) in [6.45, 7) is 1.78. The average molecular weight is 410 g/mol. The van der Waals surface area contributed by atoms with E-state index >= 15 is 0 Å². The molecule has 0 radical (unpaired) electrons. The number of halogens is 1. The molecule has 1 heterocycles. The first-order chi connectivity index (χ1) is 11.8. The van der Waals surface area contributed by atoms with Crippen molar-refractivity contribution in [1.29, 1.82) is 0 Å². The van der Waals surface area contributed by atoms with Crippen molar-refractivity contribution >= 4 is 27.8 Å². The maximum atomic E-state index is 12.3. The highest BCUT2D eigenvalue weighted by Crippen LogP contribution is 2.15. The van der Waals surface area contributed by atoms with Crippen LogP contribution in [-0.2, 0) is 4.79 Å². The number of carboxylic acids is 1. The summed E-state index contributed by atoms with van der Waals surface area (Å²) >= 11 is 3.27. The quantitative estimate of drug-likeness (QED) is 0.666. The zero-order chi connectivity index (χ0) is 18.6. The summed E-state index contributed by atoms with van der Waals surface area (Å²) < 4.78 is 1.75. The van der Waals surface area contributed by atoms with Crippen LogP contribution >= 0.6 is 15.9 Å². The van der Waals surface area contributed by atoms with Crippen molar-refractivity contribution in [3.63, 3.8) is 0 Å². The lowest BCUT2D eigenvalue weighted by atomic mass is 10.1. The third kappa shape index (κ3) is 4.44. The molecule has 25 heavy (non-hydrogen) atoms. The topological polar surface area (TPSA) is 122 Å². The van der Waals surface area contributed by atoms with Crippen molar-refractivity contribution < 1.29 is 19.8 Å². The molecule has 0 spiro atoms. The Morgan fingerprint density at radius 1 is 1.32 bits per heavy atom. The number of hydrogen-bond acceptors (Lipinski definition) is 5. The van der Waals surface area contributed by atoms with Gasteiger partial charge in [-0.15, -0.1) is 0 Å². The van der Waals surface area contributed by atoms with Crippen LogP contribution in [0.4, 0.5) is 0 Å². The van der Waals surface area contributed by atoms with Gasteiger partial charge in [-0.1, -0.05) is 29.3 Å². The van der Waals surface area contributed by atoms with Gasteiger partial charge in [0.2, 0.25) is 0 Å². The Labute approximate surface area is 151 Å². The maximum absolute atomic E-state index is 12.3. The molecule has 2 rings (SSSR count). The number of carbonyl (C=O) groups excluding carboxylic acids is 1. The SMILES string of the molecule is CCCC(NC(=O)c1nn(-c2ccc(Br)cc2)c(=O)cc1O)C(=O)O. The summed E-state index contributed by atoms with van der Waals surface area (Å²) in [5.41, 5.74) is -0.657. The molecular formula is C16H16BrN3O5. The van der Waals surface area contributed by atoms with Gasteiger partial charge in [0, 0.05) is 10.5 Å². The highest BCUT2D eigenvalue weighted by molar-refractivity contribution is 9.10. The lowest BCUT2D eigenvalue weighted by Gasteiger charge is -2.14. The number of aromatic hydroxyl groups is 1. The minimum Gasteiger partial charge on any atom is -0.505 e. The van der Waals surface area contributed by atoms with Gasteiger partial charge in [-0.05, 0) is 30.7 Å². The third-order valence-corrected chi connectivity index (χ3v) is 3.91. The first-order valence-corrected chi connectivity index (χ1v) is 8.25. The largest absolute Gasteiger partial charge is 0.505 e. The first-order valence-electron chi connectivity index (χ1n) is 7.46. The third-order valence-electron chi connectivity index (χ3n) is 3.38. The van der Waals surface area contributed by atoms with Crippen LogP contribution in [0.15, 0.2) is 39.6 Å². The highest BCUT2D eigenvalue weighted by Gasteiger charge is 2.23. The Morgan fingerprint density at radius 2 is 1.96 bits per heavy atom. The lowest BCUT2D eigenvalue weighted by Crippen LogP contribution is -2.41. The van der Waals surface area contributed by atoms with Crippen molar-refractivity contribution in [2.45, 2.75) is 25.8 Å². The number of nitrogens with one attached hydrogen (secondary N) is 1. The van der Waals surface area contributed by atoms with Gasteiger partial charge in [-0.25, -0.2) is 4.79 Å². The predicted octanol–water partition coefficient (Wildman–Crippen LogP) is 1.68. The van der Waals surface area contributed by atoms with Crippen LogP contribution in [-0.4, -0.2) is 37.9 Å². The zero-order valence-corrected chi connectivity index (χ0v) is 14.9. The van der Waals surface area contributed by atoms with Crippen molar-refractivity contribution in [3.8, 4) is 11.4 Å². The molecule has 132 valence electrons. The summed E-state index contributed by atoms with van der Waals surface area (Å²) in [5, 5.41) is 25.2.